The van der Waals surface area contributed by atoms with Crippen molar-refractivity contribution < 1.29 is 14.3 Å². The predicted molar refractivity (Wildman–Crippen MR) is 96.7 cm³/mol. The number of carbonyl (C=O) groups excluding carboxylic acids is 2. The Balaban J connectivity index is 1.77. The Morgan fingerprint density at radius 2 is 1.77 bits per heavy atom. The normalized spacial score (nSPS) is 11.6. The lowest BCUT2D eigenvalue weighted by Crippen LogP contribution is -2.30. The number of ether oxygens (including phenoxy) is 1. The number of aromatic nitrogens is 2. The van der Waals surface area contributed by atoms with Crippen molar-refractivity contribution in [3.63, 3.8) is 0 Å². The molecule has 1 atom stereocenters. The fraction of sp³-hybridized carbons (Fsp3) is 0.150. The van der Waals surface area contributed by atoms with Crippen molar-refractivity contribution in [1.82, 2.24) is 15.3 Å². The number of H-pyrrole nitrogens is 1. The summed E-state index contributed by atoms with van der Waals surface area (Å²) < 4.78 is 4.67. The van der Waals surface area contributed by atoms with Crippen molar-refractivity contribution in [3.8, 4) is 0 Å². The number of nitrogens with zero attached hydrogens (tertiary/aromatic N) is 1. The zero-order valence-electron chi connectivity index (χ0n) is 14.3. The molecule has 0 spiro atoms. The highest BCUT2D eigenvalue weighted by Crippen LogP contribution is 2.18. The van der Waals surface area contributed by atoms with Crippen molar-refractivity contribution in [2.75, 3.05) is 7.11 Å². The molecule has 2 N–H and O–H groups in total. The Bertz CT molecular complexity index is 859. The number of methoxy groups -OCH3 is 1. The summed E-state index contributed by atoms with van der Waals surface area (Å²) in [7, 11) is 1.32. The molecule has 3 rings (SSSR count). The van der Waals surface area contributed by atoms with E-state index in [-0.39, 0.29) is 11.9 Å². The van der Waals surface area contributed by atoms with E-state index in [2.05, 4.69) is 20.0 Å². The van der Waals surface area contributed by atoms with E-state index >= 15 is 0 Å². The van der Waals surface area contributed by atoms with Crippen LogP contribution in [0.1, 0.15) is 38.1 Å². The Morgan fingerprint density at radius 3 is 2.38 bits per heavy atom. The maximum atomic E-state index is 12.6. The van der Waals surface area contributed by atoms with Crippen LogP contribution in [0.15, 0.2) is 67.0 Å². The van der Waals surface area contributed by atoms with Crippen LogP contribution in [0.25, 0.3) is 0 Å². The van der Waals surface area contributed by atoms with Gasteiger partial charge >= 0.3 is 5.97 Å². The number of benzene rings is 2. The van der Waals surface area contributed by atoms with Crippen molar-refractivity contribution in [1.29, 1.82) is 0 Å². The van der Waals surface area contributed by atoms with Crippen LogP contribution in [0.2, 0.25) is 0 Å². The van der Waals surface area contributed by atoms with Gasteiger partial charge in [0.15, 0.2) is 0 Å². The van der Waals surface area contributed by atoms with E-state index < -0.39 is 5.97 Å². The van der Waals surface area contributed by atoms with Crippen molar-refractivity contribution >= 4 is 11.9 Å². The van der Waals surface area contributed by atoms with E-state index in [1.165, 1.54) is 7.11 Å². The lowest BCUT2D eigenvalue weighted by molar-refractivity contribution is 0.0600. The molecule has 0 bridgehead atoms. The number of amides is 1. The maximum Gasteiger partial charge on any atom is 0.337 e. The standard InChI is InChI=1S/C20H19N3O3/c1-26-20(25)16-9-7-15(8-10-16)19(24)23-17(13-18-21-11-12-22-18)14-5-3-2-4-6-14/h2-12,17H,13H2,1H3,(H,21,22)(H,23,24)/t17-/m0/s1. The molecule has 1 amide bonds. The summed E-state index contributed by atoms with van der Waals surface area (Å²) in [5.41, 5.74) is 1.86. The van der Waals surface area contributed by atoms with Crippen molar-refractivity contribution in [3.05, 3.63) is 89.5 Å². The fourth-order valence-electron chi connectivity index (χ4n) is 2.66. The number of nitrogens with one attached hydrogen (secondary N) is 2. The average molecular weight is 349 g/mol. The molecule has 26 heavy (non-hydrogen) atoms. The van der Waals surface area contributed by atoms with E-state index in [1.54, 1.807) is 36.7 Å². The second kappa shape index (κ2) is 8.11. The summed E-state index contributed by atoms with van der Waals surface area (Å²) in [4.78, 5) is 31.5. The van der Waals surface area contributed by atoms with Gasteiger partial charge in [-0.1, -0.05) is 30.3 Å². The largest absolute Gasteiger partial charge is 0.465 e. The summed E-state index contributed by atoms with van der Waals surface area (Å²) in [5, 5.41) is 3.04. The monoisotopic (exact) mass is 349 g/mol. The van der Waals surface area contributed by atoms with Crippen LogP contribution < -0.4 is 5.32 Å². The summed E-state index contributed by atoms with van der Waals surface area (Å²) >= 11 is 0. The van der Waals surface area contributed by atoms with Crippen molar-refractivity contribution in [2.24, 2.45) is 0 Å². The smallest absolute Gasteiger partial charge is 0.337 e. The second-order valence-electron chi connectivity index (χ2n) is 5.75. The van der Waals surface area contributed by atoms with Gasteiger partial charge in [0.05, 0.1) is 18.7 Å². The van der Waals surface area contributed by atoms with Gasteiger partial charge in [-0.3, -0.25) is 4.79 Å². The maximum absolute atomic E-state index is 12.6. The average Bonchev–Trinajstić information content (AvgIpc) is 3.20. The lowest BCUT2D eigenvalue weighted by Gasteiger charge is -2.18. The molecule has 0 aliphatic rings. The molecule has 0 saturated carbocycles. The van der Waals surface area contributed by atoms with E-state index in [0.717, 1.165) is 11.4 Å². The van der Waals surface area contributed by atoms with Crippen LogP contribution in [-0.4, -0.2) is 29.0 Å². The van der Waals surface area contributed by atoms with Crippen LogP contribution in [0, 0.1) is 0 Å². The van der Waals surface area contributed by atoms with Gasteiger partial charge in [0.25, 0.3) is 5.91 Å². The van der Waals surface area contributed by atoms with Gasteiger partial charge in [0.1, 0.15) is 5.82 Å². The highest BCUT2D eigenvalue weighted by Gasteiger charge is 2.18. The minimum atomic E-state index is -0.433. The van der Waals surface area contributed by atoms with Crippen LogP contribution in [0.5, 0.6) is 0 Å². The highest BCUT2D eigenvalue weighted by molar-refractivity contribution is 5.96. The Morgan fingerprint density at radius 1 is 1.08 bits per heavy atom. The molecule has 0 unspecified atom stereocenters. The number of esters is 1. The van der Waals surface area contributed by atoms with Gasteiger partial charge in [0, 0.05) is 24.4 Å². The zero-order chi connectivity index (χ0) is 18.4. The molecule has 0 aliphatic carbocycles. The molecule has 1 heterocycles. The number of imidazole rings is 1. The van der Waals surface area contributed by atoms with Gasteiger partial charge in [0.2, 0.25) is 0 Å². The first-order valence-corrected chi connectivity index (χ1v) is 8.20. The molecule has 1 aromatic heterocycles. The molecule has 132 valence electrons. The Labute approximate surface area is 151 Å². The summed E-state index contributed by atoms with van der Waals surface area (Å²) in [6.45, 7) is 0. The molecular formula is C20H19N3O3. The molecule has 6 heteroatoms. The van der Waals surface area contributed by atoms with Crippen LogP contribution in [0.3, 0.4) is 0 Å². The van der Waals surface area contributed by atoms with E-state index in [1.807, 2.05) is 30.3 Å². The molecule has 2 aromatic carbocycles. The van der Waals surface area contributed by atoms with Crippen LogP contribution in [0.4, 0.5) is 0 Å². The van der Waals surface area contributed by atoms with E-state index in [9.17, 15) is 9.59 Å². The third-order valence-corrected chi connectivity index (χ3v) is 4.03. The van der Waals surface area contributed by atoms with Crippen molar-refractivity contribution in [2.45, 2.75) is 12.5 Å². The summed E-state index contributed by atoms with van der Waals surface area (Å²) in [5.74, 6) is 0.138. The van der Waals surface area contributed by atoms with Gasteiger partial charge < -0.3 is 15.0 Å². The molecular weight excluding hydrogens is 330 g/mol. The van der Waals surface area contributed by atoms with Gasteiger partial charge in [-0.25, -0.2) is 9.78 Å². The first kappa shape index (κ1) is 17.4. The number of carbonyl (C=O) groups is 2. The SMILES string of the molecule is COC(=O)c1ccc(C(=O)N[C@@H](Cc2ncc[nH]2)c2ccccc2)cc1. The van der Waals surface area contributed by atoms with E-state index in [0.29, 0.717) is 17.5 Å². The second-order valence-corrected chi connectivity index (χ2v) is 5.75. The summed E-state index contributed by atoms with van der Waals surface area (Å²) in [6.07, 6.45) is 3.98. The first-order valence-electron chi connectivity index (χ1n) is 8.20. The van der Waals surface area contributed by atoms with Gasteiger partial charge in [-0.2, -0.15) is 0 Å². The third-order valence-electron chi connectivity index (χ3n) is 4.03. The third kappa shape index (κ3) is 4.16. The predicted octanol–water partition coefficient (Wildman–Crippen LogP) is 2.91. The van der Waals surface area contributed by atoms with E-state index in [4.69, 9.17) is 0 Å². The minimum Gasteiger partial charge on any atom is -0.465 e. The van der Waals surface area contributed by atoms with Crippen LogP contribution >= 0.6 is 0 Å². The molecule has 0 aliphatic heterocycles. The molecule has 6 nitrogen and oxygen atoms in total. The Kier molecular flexibility index (Phi) is 5.43. The minimum absolute atomic E-state index is 0.221. The Hall–Kier alpha value is -3.41. The molecule has 0 saturated heterocycles. The van der Waals surface area contributed by atoms with Gasteiger partial charge in [-0.15, -0.1) is 0 Å². The molecule has 0 fully saturated rings. The summed E-state index contributed by atoms with van der Waals surface area (Å²) in [6, 6.07) is 15.9. The molecule has 0 radical (unpaired) electrons. The fourth-order valence-corrected chi connectivity index (χ4v) is 2.66. The molecule has 3 aromatic rings. The number of rotatable bonds is 6. The number of hydrogen-bond acceptors (Lipinski definition) is 4. The lowest BCUT2D eigenvalue weighted by atomic mass is 10.0. The quantitative estimate of drug-likeness (QED) is 0.670. The zero-order valence-corrected chi connectivity index (χ0v) is 14.3. The first-order chi connectivity index (χ1) is 12.7. The van der Waals surface area contributed by atoms with Crippen LogP contribution in [-0.2, 0) is 11.2 Å². The number of hydrogen-bond donors (Lipinski definition) is 2. The highest BCUT2D eigenvalue weighted by atomic mass is 16.5. The van der Waals surface area contributed by atoms with Gasteiger partial charge in [-0.05, 0) is 29.8 Å². The topological polar surface area (TPSA) is 84.1 Å². The number of aromatic amines is 1.